The molecule has 1 aromatic rings. The summed E-state index contributed by atoms with van der Waals surface area (Å²) in [6, 6.07) is 9.28. The van der Waals surface area contributed by atoms with Crippen LogP contribution >= 0.6 is 0 Å². The van der Waals surface area contributed by atoms with Gasteiger partial charge in [-0.25, -0.2) is 4.79 Å². The predicted octanol–water partition coefficient (Wildman–Crippen LogP) is 2.80. The van der Waals surface area contributed by atoms with Gasteiger partial charge in [-0.3, -0.25) is 14.5 Å². The highest BCUT2D eigenvalue weighted by Gasteiger charge is 2.55. The highest BCUT2D eigenvalue weighted by atomic mass is 16.2. The Morgan fingerprint density at radius 1 is 1.19 bits per heavy atom. The molecule has 0 aromatic heterocycles. The number of hydrogen-bond donors (Lipinski definition) is 0. The Balaban J connectivity index is 1.74. The second-order valence-corrected chi connectivity index (χ2v) is 7.37. The van der Waals surface area contributed by atoms with Crippen molar-refractivity contribution in [2.75, 3.05) is 20.1 Å². The van der Waals surface area contributed by atoms with E-state index in [9.17, 15) is 14.4 Å². The van der Waals surface area contributed by atoms with E-state index < -0.39 is 5.54 Å². The predicted molar refractivity (Wildman–Crippen MR) is 103 cm³/mol. The molecule has 0 unspecified atom stereocenters. The summed E-state index contributed by atoms with van der Waals surface area (Å²) in [5.74, 6) is -0.469. The normalized spacial score (nSPS) is 18.9. The molecule has 1 aromatic carbocycles. The van der Waals surface area contributed by atoms with Crippen LogP contribution in [-0.2, 0) is 16.1 Å². The Bertz CT molecular complexity index is 725. The van der Waals surface area contributed by atoms with Gasteiger partial charge in [-0.2, -0.15) is 0 Å². The second-order valence-electron chi connectivity index (χ2n) is 7.37. The molecule has 0 radical (unpaired) electrons. The van der Waals surface area contributed by atoms with E-state index in [2.05, 4.69) is 6.58 Å². The maximum atomic E-state index is 13.0. The zero-order chi connectivity index (χ0) is 19.4. The first kappa shape index (κ1) is 19.1. The largest absolute Gasteiger partial charge is 0.333 e. The first-order chi connectivity index (χ1) is 13.0. The minimum absolute atomic E-state index is 0.218. The summed E-state index contributed by atoms with van der Waals surface area (Å²) in [5.41, 5.74) is 0.242. The molecule has 3 rings (SSSR count). The third-order valence-corrected chi connectivity index (χ3v) is 5.70. The van der Waals surface area contributed by atoms with Gasteiger partial charge in [-0.05, 0) is 18.4 Å². The monoisotopic (exact) mass is 369 g/mol. The van der Waals surface area contributed by atoms with Crippen LogP contribution in [0.15, 0.2) is 43.0 Å². The van der Waals surface area contributed by atoms with Crippen LogP contribution in [0, 0.1) is 0 Å². The fourth-order valence-corrected chi connectivity index (χ4v) is 4.12. The molecule has 4 amide bonds. The van der Waals surface area contributed by atoms with Gasteiger partial charge in [0.05, 0.1) is 0 Å². The average molecular weight is 369 g/mol. The molecule has 1 saturated heterocycles. The van der Waals surface area contributed by atoms with Gasteiger partial charge in [0, 0.05) is 20.1 Å². The molecule has 0 atom stereocenters. The average Bonchev–Trinajstić information content (AvgIpc) is 2.85. The van der Waals surface area contributed by atoms with Crippen LogP contribution in [0.2, 0.25) is 0 Å². The molecule has 6 heteroatoms. The van der Waals surface area contributed by atoms with Crippen LogP contribution < -0.4 is 0 Å². The maximum absolute atomic E-state index is 13.0. The molecule has 27 heavy (non-hydrogen) atoms. The summed E-state index contributed by atoms with van der Waals surface area (Å²) in [6.07, 6.45) is 5.96. The fraction of sp³-hybridized carbons (Fsp3) is 0.476. The number of nitrogens with zero attached hydrogens (tertiary/aromatic N) is 3. The van der Waals surface area contributed by atoms with E-state index in [1.54, 1.807) is 22.9 Å². The molecule has 2 fully saturated rings. The van der Waals surface area contributed by atoms with Crippen LogP contribution in [0.1, 0.15) is 37.7 Å². The molecule has 0 bridgehead atoms. The van der Waals surface area contributed by atoms with E-state index in [0.717, 1.165) is 29.7 Å². The van der Waals surface area contributed by atoms with Crippen molar-refractivity contribution in [3.8, 4) is 0 Å². The van der Waals surface area contributed by atoms with Crippen molar-refractivity contribution in [3.05, 3.63) is 48.6 Å². The van der Waals surface area contributed by atoms with E-state index in [4.69, 9.17) is 0 Å². The number of hydrogen-bond acceptors (Lipinski definition) is 3. The Kier molecular flexibility index (Phi) is 5.63. The summed E-state index contributed by atoms with van der Waals surface area (Å²) < 4.78 is 0. The van der Waals surface area contributed by atoms with Crippen molar-refractivity contribution in [3.63, 3.8) is 0 Å². The number of likely N-dealkylation sites (N-methyl/N-ethyl adjacent to an activating group) is 1. The Morgan fingerprint density at radius 3 is 2.48 bits per heavy atom. The molecule has 6 nitrogen and oxygen atoms in total. The third-order valence-electron chi connectivity index (χ3n) is 5.70. The molecular weight excluding hydrogens is 342 g/mol. The van der Waals surface area contributed by atoms with Crippen LogP contribution in [0.25, 0.3) is 0 Å². The molecular formula is C21H27N3O3. The molecule has 1 heterocycles. The lowest BCUT2D eigenvalue weighted by Gasteiger charge is -2.35. The summed E-state index contributed by atoms with van der Waals surface area (Å²) in [7, 11) is 1.68. The summed E-state index contributed by atoms with van der Waals surface area (Å²) in [5, 5.41) is 0. The zero-order valence-electron chi connectivity index (χ0n) is 15.9. The number of benzene rings is 1. The van der Waals surface area contributed by atoms with Crippen molar-refractivity contribution < 1.29 is 14.4 Å². The van der Waals surface area contributed by atoms with Gasteiger partial charge in [0.2, 0.25) is 5.91 Å². The van der Waals surface area contributed by atoms with Crippen LogP contribution in [0.3, 0.4) is 0 Å². The molecule has 0 N–H and O–H groups in total. The van der Waals surface area contributed by atoms with Gasteiger partial charge in [-0.1, -0.05) is 55.7 Å². The molecule has 1 aliphatic heterocycles. The molecule has 1 saturated carbocycles. The molecule has 1 spiro atoms. The lowest BCUT2D eigenvalue weighted by molar-refractivity contribution is -0.140. The molecule has 144 valence electrons. The van der Waals surface area contributed by atoms with Crippen LogP contribution in [-0.4, -0.2) is 58.2 Å². The van der Waals surface area contributed by atoms with Crippen LogP contribution in [0.5, 0.6) is 0 Å². The summed E-state index contributed by atoms with van der Waals surface area (Å²) in [4.78, 5) is 42.9. The minimum Gasteiger partial charge on any atom is -0.333 e. The number of urea groups is 1. The van der Waals surface area contributed by atoms with E-state index in [0.29, 0.717) is 25.9 Å². The maximum Gasteiger partial charge on any atom is 0.327 e. The third kappa shape index (κ3) is 3.61. The topological polar surface area (TPSA) is 60.9 Å². The van der Waals surface area contributed by atoms with E-state index in [1.807, 2.05) is 30.3 Å². The zero-order valence-corrected chi connectivity index (χ0v) is 15.9. The van der Waals surface area contributed by atoms with E-state index in [-0.39, 0.29) is 24.4 Å². The molecule has 2 aliphatic rings. The lowest BCUT2D eigenvalue weighted by Crippen LogP contribution is -2.49. The Labute approximate surface area is 160 Å². The first-order valence-corrected chi connectivity index (χ1v) is 9.52. The van der Waals surface area contributed by atoms with Gasteiger partial charge in [0.25, 0.3) is 5.91 Å². The van der Waals surface area contributed by atoms with Gasteiger partial charge in [0.1, 0.15) is 12.1 Å². The van der Waals surface area contributed by atoms with Crippen LogP contribution in [0.4, 0.5) is 4.79 Å². The standard InChI is InChI=1S/C21H27N3O3/c1-3-14-23(15-17-10-6-4-7-11-17)18(25)16-24-19(26)21(22(2)20(24)27)12-8-5-9-13-21/h3-4,6-7,10-11H,1,5,8-9,12-16H2,2H3. The van der Waals surface area contributed by atoms with Gasteiger partial charge < -0.3 is 9.80 Å². The van der Waals surface area contributed by atoms with Crippen molar-refractivity contribution in [2.24, 2.45) is 0 Å². The van der Waals surface area contributed by atoms with Crippen molar-refractivity contribution in [1.29, 1.82) is 0 Å². The number of imide groups is 1. The summed E-state index contributed by atoms with van der Waals surface area (Å²) in [6.45, 7) is 4.28. The van der Waals surface area contributed by atoms with Gasteiger partial charge in [-0.15, -0.1) is 6.58 Å². The highest BCUT2D eigenvalue weighted by Crippen LogP contribution is 2.39. The second kappa shape index (κ2) is 7.94. The lowest BCUT2D eigenvalue weighted by atomic mass is 9.81. The van der Waals surface area contributed by atoms with E-state index >= 15 is 0 Å². The van der Waals surface area contributed by atoms with E-state index in [1.165, 1.54) is 0 Å². The number of carbonyl (C=O) groups excluding carboxylic acids is 3. The fourth-order valence-electron chi connectivity index (χ4n) is 4.12. The quantitative estimate of drug-likeness (QED) is 0.572. The van der Waals surface area contributed by atoms with Gasteiger partial charge >= 0.3 is 6.03 Å². The molecule has 1 aliphatic carbocycles. The summed E-state index contributed by atoms with van der Waals surface area (Å²) >= 11 is 0. The highest BCUT2D eigenvalue weighted by molar-refractivity contribution is 6.08. The number of carbonyl (C=O) groups is 3. The number of amides is 4. The Hall–Kier alpha value is -2.63. The van der Waals surface area contributed by atoms with Crippen molar-refractivity contribution in [1.82, 2.24) is 14.7 Å². The number of rotatable bonds is 6. The Morgan fingerprint density at radius 2 is 1.85 bits per heavy atom. The minimum atomic E-state index is -0.752. The SMILES string of the molecule is C=CCN(Cc1ccccc1)C(=O)CN1C(=O)N(C)C2(CCCCC2)C1=O. The smallest absolute Gasteiger partial charge is 0.327 e. The van der Waals surface area contributed by atoms with Crippen molar-refractivity contribution >= 4 is 17.8 Å². The van der Waals surface area contributed by atoms with Gasteiger partial charge in [0.15, 0.2) is 0 Å². The first-order valence-electron chi connectivity index (χ1n) is 9.52. The van der Waals surface area contributed by atoms with Crippen molar-refractivity contribution in [2.45, 2.75) is 44.2 Å².